The Labute approximate surface area is 182 Å². The lowest BCUT2D eigenvalue weighted by molar-refractivity contribution is -0.347. The van der Waals surface area contributed by atoms with Crippen LogP contribution < -0.4 is 0 Å². The zero-order valence-electron chi connectivity index (χ0n) is 16.3. The minimum atomic E-state index is -4.95. The summed E-state index contributed by atoms with van der Waals surface area (Å²) >= 11 is 0. The standard InChI is InChI=1S/C14H24O16S2/c1-4-7(15)8(16)11(5(27-4)3-26-31(20,21)22)28-13-10(18)9(17)12(19)14(29-13)2-6(14)30-32(23,24)25/h4-13,15-19H,2-3H2,1H3,(H,20,21,22)(H,23,24,25)/t4-,5-,6-,7+,8-,9-,10-,11-,12+,13+,14?/m1/s1. The van der Waals surface area contributed by atoms with Crippen molar-refractivity contribution in [1.29, 1.82) is 0 Å². The molecule has 188 valence electrons. The highest BCUT2D eigenvalue weighted by molar-refractivity contribution is 7.81. The van der Waals surface area contributed by atoms with Gasteiger partial charge in [-0.3, -0.25) is 9.11 Å². The lowest BCUT2D eigenvalue weighted by Crippen LogP contribution is -2.65. The van der Waals surface area contributed by atoms with Crippen LogP contribution >= 0.6 is 0 Å². The number of aliphatic hydroxyl groups is 5. The first-order valence-corrected chi connectivity index (χ1v) is 12.0. The van der Waals surface area contributed by atoms with Crippen LogP contribution in [0.1, 0.15) is 13.3 Å². The van der Waals surface area contributed by atoms with Crippen LogP contribution in [0.3, 0.4) is 0 Å². The molecular weight excluding hydrogens is 488 g/mol. The molecule has 3 aliphatic rings. The number of aliphatic hydroxyl groups excluding tert-OH is 5. The largest absolute Gasteiger partial charge is 0.397 e. The fraction of sp³-hybridized carbons (Fsp3) is 1.00. The third kappa shape index (κ3) is 5.39. The van der Waals surface area contributed by atoms with E-state index in [0.29, 0.717) is 0 Å². The molecule has 3 rings (SSSR count). The van der Waals surface area contributed by atoms with Crippen LogP contribution in [0.25, 0.3) is 0 Å². The van der Waals surface area contributed by atoms with Crippen molar-refractivity contribution in [3.63, 3.8) is 0 Å². The Hall–Kier alpha value is -0.580. The molecule has 0 amide bonds. The summed E-state index contributed by atoms with van der Waals surface area (Å²) in [5.41, 5.74) is -1.91. The second kappa shape index (κ2) is 8.89. The third-order valence-corrected chi connectivity index (χ3v) is 6.42. The average molecular weight is 512 g/mol. The molecule has 1 saturated carbocycles. The van der Waals surface area contributed by atoms with Crippen LogP contribution in [0, 0.1) is 0 Å². The van der Waals surface area contributed by atoms with Crippen LogP contribution in [-0.2, 0) is 43.4 Å². The van der Waals surface area contributed by atoms with E-state index in [1.807, 2.05) is 0 Å². The molecule has 2 aliphatic heterocycles. The van der Waals surface area contributed by atoms with Gasteiger partial charge < -0.3 is 39.7 Å². The van der Waals surface area contributed by atoms with E-state index < -0.39 is 94.2 Å². The first kappa shape index (κ1) is 26.0. The van der Waals surface area contributed by atoms with Crippen molar-refractivity contribution in [2.24, 2.45) is 0 Å². The number of hydrogen-bond acceptors (Lipinski definition) is 14. The molecule has 3 fully saturated rings. The van der Waals surface area contributed by atoms with Crippen LogP contribution in [0.4, 0.5) is 0 Å². The van der Waals surface area contributed by atoms with E-state index in [4.69, 9.17) is 23.3 Å². The van der Waals surface area contributed by atoms with Crippen molar-refractivity contribution in [2.75, 3.05) is 6.61 Å². The van der Waals surface area contributed by atoms with Gasteiger partial charge in [-0.1, -0.05) is 0 Å². The molecule has 1 aliphatic carbocycles. The molecule has 0 aromatic carbocycles. The highest BCUT2D eigenvalue weighted by atomic mass is 32.3. The Morgan fingerprint density at radius 1 is 0.938 bits per heavy atom. The molecule has 11 atom stereocenters. The van der Waals surface area contributed by atoms with E-state index in [9.17, 15) is 42.4 Å². The Bertz CT molecular complexity index is 892. The van der Waals surface area contributed by atoms with Gasteiger partial charge in [0, 0.05) is 6.42 Å². The van der Waals surface area contributed by atoms with Gasteiger partial charge in [0.25, 0.3) is 0 Å². The van der Waals surface area contributed by atoms with Crippen LogP contribution in [0.5, 0.6) is 0 Å². The molecule has 7 N–H and O–H groups in total. The summed E-state index contributed by atoms with van der Waals surface area (Å²) in [6.07, 6.45) is -16.9. The van der Waals surface area contributed by atoms with Gasteiger partial charge in [0.1, 0.15) is 54.4 Å². The van der Waals surface area contributed by atoms with Crippen molar-refractivity contribution in [3.8, 4) is 0 Å². The van der Waals surface area contributed by atoms with Crippen LogP contribution in [0.15, 0.2) is 0 Å². The maximum absolute atomic E-state index is 11.0. The Morgan fingerprint density at radius 3 is 2.12 bits per heavy atom. The van der Waals surface area contributed by atoms with Gasteiger partial charge in [-0.05, 0) is 6.92 Å². The lowest BCUT2D eigenvalue weighted by atomic mass is 9.94. The fourth-order valence-electron chi connectivity index (χ4n) is 3.76. The molecule has 0 aromatic heterocycles. The summed E-state index contributed by atoms with van der Waals surface area (Å²) in [7, 11) is -9.87. The molecule has 1 spiro atoms. The summed E-state index contributed by atoms with van der Waals surface area (Å²) in [6, 6.07) is 0. The highest BCUT2D eigenvalue weighted by Crippen LogP contribution is 2.51. The van der Waals surface area contributed by atoms with Gasteiger partial charge in [-0.25, -0.2) is 8.37 Å². The molecule has 0 aromatic rings. The predicted molar refractivity (Wildman–Crippen MR) is 95.4 cm³/mol. The van der Waals surface area contributed by atoms with Crippen molar-refractivity contribution in [2.45, 2.75) is 80.2 Å². The fourth-order valence-corrected chi connectivity index (χ4v) is 4.60. The second-order valence-electron chi connectivity index (χ2n) is 7.76. The summed E-state index contributed by atoms with van der Waals surface area (Å²) in [6.45, 7) is 0.457. The number of ether oxygens (including phenoxy) is 3. The minimum absolute atomic E-state index is 0.337. The van der Waals surface area contributed by atoms with Gasteiger partial charge in [0.2, 0.25) is 0 Å². The molecule has 32 heavy (non-hydrogen) atoms. The molecule has 16 nitrogen and oxygen atoms in total. The van der Waals surface area contributed by atoms with E-state index in [1.54, 1.807) is 0 Å². The van der Waals surface area contributed by atoms with E-state index in [1.165, 1.54) is 6.92 Å². The number of hydrogen-bond donors (Lipinski definition) is 7. The quantitative estimate of drug-likeness (QED) is 0.158. The maximum atomic E-state index is 11.0. The third-order valence-electron chi connectivity index (χ3n) is 5.51. The SMILES string of the molecule is C[C@H]1O[C@H](COS(=O)(=O)O)[C@@H](O[C@H]2OC3(C[C@H]3OS(=O)(=O)O)[C@@H](O)[C@H](O)[C@H]2O)[C@H](O)[C@H]1O. The zero-order chi connectivity index (χ0) is 24.2. The van der Waals surface area contributed by atoms with E-state index in [-0.39, 0.29) is 6.42 Å². The number of rotatable bonds is 7. The van der Waals surface area contributed by atoms with Crippen LogP contribution in [0.2, 0.25) is 0 Å². The molecule has 18 heteroatoms. The first-order valence-electron chi connectivity index (χ1n) is 9.22. The second-order valence-corrected chi connectivity index (χ2v) is 9.90. The Balaban J connectivity index is 1.80. The molecular formula is C14H24O16S2. The van der Waals surface area contributed by atoms with Crippen molar-refractivity contribution >= 4 is 20.8 Å². The molecule has 0 radical (unpaired) electrons. The highest BCUT2D eigenvalue weighted by Gasteiger charge is 2.70. The minimum Gasteiger partial charge on any atom is -0.388 e. The van der Waals surface area contributed by atoms with Crippen molar-refractivity contribution in [1.82, 2.24) is 0 Å². The van der Waals surface area contributed by atoms with Crippen molar-refractivity contribution < 1.29 is 74.1 Å². The van der Waals surface area contributed by atoms with Gasteiger partial charge in [-0.2, -0.15) is 16.8 Å². The zero-order valence-corrected chi connectivity index (χ0v) is 17.9. The molecule has 2 heterocycles. The Morgan fingerprint density at radius 2 is 1.56 bits per heavy atom. The summed E-state index contributed by atoms with van der Waals surface area (Å²) in [5.74, 6) is 0. The van der Waals surface area contributed by atoms with E-state index >= 15 is 0 Å². The maximum Gasteiger partial charge on any atom is 0.397 e. The van der Waals surface area contributed by atoms with Gasteiger partial charge in [0.05, 0.1) is 12.7 Å². The van der Waals surface area contributed by atoms with E-state index in [0.717, 1.165) is 0 Å². The van der Waals surface area contributed by atoms with Gasteiger partial charge in [0.15, 0.2) is 6.29 Å². The summed E-state index contributed by atoms with van der Waals surface area (Å²) in [5, 5.41) is 51.1. The predicted octanol–water partition coefficient (Wildman–Crippen LogP) is -4.53. The molecule has 2 saturated heterocycles. The topological polar surface area (TPSA) is 256 Å². The molecule has 0 bridgehead atoms. The summed E-state index contributed by atoms with van der Waals surface area (Å²) in [4.78, 5) is 0. The molecule has 1 unspecified atom stereocenters. The monoisotopic (exact) mass is 512 g/mol. The van der Waals surface area contributed by atoms with Crippen LogP contribution in [-0.4, -0.2) is 125 Å². The Kier molecular flexibility index (Phi) is 7.23. The van der Waals surface area contributed by atoms with Gasteiger partial charge in [-0.15, -0.1) is 0 Å². The van der Waals surface area contributed by atoms with Crippen molar-refractivity contribution in [3.05, 3.63) is 0 Å². The smallest absolute Gasteiger partial charge is 0.388 e. The normalized spacial score (nSPS) is 47.5. The van der Waals surface area contributed by atoms with Gasteiger partial charge >= 0.3 is 20.8 Å². The first-order chi connectivity index (χ1) is 14.6. The lowest BCUT2D eigenvalue weighted by Gasteiger charge is -2.46. The summed E-state index contributed by atoms with van der Waals surface area (Å²) < 4.78 is 86.0. The van der Waals surface area contributed by atoms with E-state index in [2.05, 4.69) is 8.37 Å². The average Bonchev–Trinajstić information content (AvgIpc) is 3.33.